The Morgan fingerprint density at radius 1 is 1.08 bits per heavy atom. The maximum Gasteiger partial charge on any atom is 0.0658 e. The molecule has 0 N–H and O–H groups in total. The van der Waals surface area contributed by atoms with Gasteiger partial charge in [0.05, 0.1) is 26.3 Å². The maximum atomic E-state index is 5.32. The van der Waals surface area contributed by atoms with Crippen molar-refractivity contribution >= 4 is 0 Å². The number of aromatic nitrogens is 1. The summed E-state index contributed by atoms with van der Waals surface area (Å²) in [5, 5.41) is 2.34. The highest BCUT2D eigenvalue weighted by atomic mass is 16.5. The standard InChI is InChI=1S/C10H16N2O/c1-9-3-4-10(2)12(9)11-5-7-13-8-6-11/h3-4H,5-8H2,1-2H3. The molecule has 3 heteroatoms. The average Bonchev–Trinajstić information content (AvgIpc) is 2.48. The summed E-state index contributed by atoms with van der Waals surface area (Å²) in [5.74, 6) is 0. The van der Waals surface area contributed by atoms with E-state index < -0.39 is 0 Å². The van der Waals surface area contributed by atoms with Crippen molar-refractivity contribution in [2.45, 2.75) is 13.8 Å². The summed E-state index contributed by atoms with van der Waals surface area (Å²) in [6, 6.07) is 4.32. The van der Waals surface area contributed by atoms with Crippen molar-refractivity contribution in [2.75, 3.05) is 31.3 Å². The van der Waals surface area contributed by atoms with E-state index in [1.54, 1.807) is 0 Å². The third kappa shape index (κ3) is 1.56. The number of hydrogen-bond acceptors (Lipinski definition) is 2. The van der Waals surface area contributed by atoms with Gasteiger partial charge < -0.3 is 9.75 Å². The molecule has 0 unspecified atom stereocenters. The monoisotopic (exact) mass is 180 g/mol. The maximum absolute atomic E-state index is 5.32. The normalized spacial score (nSPS) is 17.8. The Labute approximate surface area is 78.9 Å². The van der Waals surface area contributed by atoms with Gasteiger partial charge in [0, 0.05) is 11.4 Å². The minimum absolute atomic E-state index is 0.844. The molecule has 0 spiro atoms. The number of aryl methyl sites for hydroxylation is 2. The second-order valence-electron chi connectivity index (χ2n) is 3.49. The number of rotatable bonds is 1. The van der Waals surface area contributed by atoms with Crippen LogP contribution in [0.1, 0.15) is 11.4 Å². The summed E-state index contributed by atoms with van der Waals surface area (Å²) in [6.07, 6.45) is 0. The van der Waals surface area contributed by atoms with Crippen LogP contribution in [0.3, 0.4) is 0 Å². The lowest BCUT2D eigenvalue weighted by Gasteiger charge is -2.32. The van der Waals surface area contributed by atoms with Gasteiger partial charge >= 0.3 is 0 Å². The second kappa shape index (κ2) is 3.42. The van der Waals surface area contributed by atoms with Crippen LogP contribution in [0.25, 0.3) is 0 Å². The third-order valence-electron chi connectivity index (χ3n) is 2.50. The molecule has 1 aromatic rings. The van der Waals surface area contributed by atoms with Crippen LogP contribution < -0.4 is 5.01 Å². The fourth-order valence-corrected chi connectivity index (χ4v) is 1.86. The molecule has 0 aromatic carbocycles. The first-order valence-electron chi connectivity index (χ1n) is 4.77. The van der Waals surface area contributed by atoms with Crippen molar-refractivity contribution < 1.29 is 4.74 Å². The predicted octanol–water partition coefficient (Wildman–Crippen LogP) is 1.07. The van der Waals surface area contributed by atoms with E-state index in [2.05, 4.69) is 35.7 Å². The molecule has 0 atom stereocenters. The van der Waals surface area contributed by atoms with E-state index in [0.717, 1.165) is 26.3 Å². The van der Waals surface area contributed by atoms with Gasteiger partial charge in [0.15, 0.2) is 0 Å². The van der Waals surface area contributed by atoms with Gasteiger partial charge in [-0.25, -0.2) is 0 Å². The van der Waals surface area contributed by atoms with Crippen molar-refractivity contribution in [3.05, 3.63) is 23.5 Å². The van der Waals surface area contributed by atoms with E-state index in [9.17, 15) is 0 Å². The largest absolute Gasteiger partial charge is 0.378 e. The van der Waals surface area contributed by atoms with E-state index in [-0.39, 0.29) is 0 Å². The van der Waals surface area contributed by atoms with E-state index >= 15 is 0 Å². The second-order valence-corrected chi connectivity index (χ2v) is 3.49. The molecular formula is C10H16N2O. The van der Waals surface area contributed by atoms with Gasteiger partial charge in [-0.05, 0) is 26.0 Å². The van der Waals surface area contributed by atoms with Crippen LogP contribution in [0.2, 0.25) is 0 Å². The van der Waals surface area contributed by atoms with E-state index in [0.29, 0.717) is 0 Å². The van der Waals surface area contributed by atoms with Crippen molar-refractivity contribution in [3.8, 4) is 0 Å². The summed E-state index contributed by atoms with van der Waals surface area (Å²) >= 11 is 0. The molecule has 1 aliphatic heterocycles. The highest BCUT2D eigenvalue weighted by Crippen LogP contribution is 2.09. The van der Waals surface area contributed by atoms with Gasteiger partial charge in [-0.1, -0.05) is 0 Å². The molecule has 13 heavy (non-hydrogen) atoms. The van der Waals surface area contributed by atoms with Gasteiger partial charge in [-0.15, -0.1) is 0 Å². The fourth-order valence-electron chi connectivity index (χ4n) is 1.86. The van der Waals surface area contributed by atoms with Crippen LogP contribution in [0.15, 0.2) is 12.1 Å². The SMILES string of the molecule is Cc1ccc(C)n1N1CCOCC1. The number of morpholine rings is 1. The van der Waals surface area contributed by atoms with Crippen molar-refractivity contribution in [1.29, 1.82) is 0 Å². The van der Waals surface area contributed by atoms with Crippen LogP contribution in [0.5, 0.6) is 0 Å². The Morgan fingerprint density at radius 2 is 1.62 bits per heavy atom. The lowest BCUT2D eigenvalue weighted by Crippen LogP contribution is -2.44. The Bertz CT molecular complexity index is 268. The third-order valence-corrected chi connectivity index (χ3v) is 2.50. The Kier molecular flexibility index (Phi) is 2.27. The van der Waals surface area contributed by atoms with Crippen LogP contribution >= 0.6 is 0 Å². The average molecular weight is 180 g/mol. The lowest BCUT2D eigenvalue weighted by atomic mass is 10.5. The van der Waals surface area contributed by atoms with Crippen LogP contribution in [0.4, 0.5) is 0 Å². The summed E-state index contributed by atoms with van der Waals surface area (Å²) < 4.78 is 7.60. The first-order chi connectivity index (χ1) is 6.29. The Balaban J connectivity index is 2.22. The summed E-state index contributed by atoms with van der Waals surface area (Å²) in [5.41, 5.74) is 2.61. The number of nitrogens with zero attached hydrogens (tertiary/aromatic N) is 2. The van der Waals surface area contributed by atoms with E-state index in [4.69, 9.17) is 4.74 Å². The molecule has 3 nitrogen and oxygen atoms in total. The van der Waals surface area contributed by atoms with Crippen LogP contribution in [-0.4, -0.2) is 31.0 Å². The highest BCUT2D eigenvalue weighted by Gasteiger charge is 2.13. The number of ether oxygens (including phenoxy) is 1. The molecule has 0 saturated carbocycles. The molecule has 0 aliphatic carbocycles. The molecule has 1 aliphatic rings. The quantitative estimate of drug-likeness (QED) is 0.643. The molecule has 2 rings (SSSR count). The van der Waals surface area contributed by atoms with Crippen molar-refractivity contribution in [3.63, 3.8) is 0 Å². The zero-order valence-electron chi connectivity index (χ0n) is 8.29. The number of hydrogen-bond donors (Lipinski definition) is 0. The minimum atomic E-state index is 0.844. The van der Waals surface area contributed by atoms with Crippen LogP contribution in [-0.2, 0) is 4.74 Å². The summed E-state index contributed by atoms with van der Waals surface area (Å²) in [6.45, 7) is 7.96. The van der Waals surface area contributed by atoms with E-state index in [1.165, 1.54) is 11.4 Å². The first kappa shape index (κ1) is 8.63. The van der Waals surface area contributed by atoms with Crippen molar-refractivity contribution in [2.24, 2.45) is 0 Å². The predicted molar refractivity (Wildman–Crippen MR) is 52.7 cm³/mol. The molecule has 2 heterocycles. The molecule has 0 bridgehead atoms. The molecule has 1 fully saturated rings. The molecular weight excluding hydrogens is 164 g/mol. The summed E-state index contributed by atoms with van der Waals surface area (Å²) in [4.78, 5) is 0. The minimum Gasteiger partial charge on any atom is -0.378 e. The lowest BCUT2D eigenvalue weighted by molar-refractivity contribution is 0.110. The smallest absolute Gasteiger partial charge is 0.0658 e. The zero-order valence-corrected chi connectivity index (χ0v) is 8.29. The van der Waals surface area contributed by atoms with Gasteiger partial charge in [-0.3, -0.25) is 4.68 Å². The Morgan fingerprint density at radius 3 is 2.15 bits per heavy atom. The zero-order chi connectivity index (χ0) is 9.26. The van der Waals surface area contributed by atoms with E-state index in [1.807, 2.05) is 0 Å². The highest BCUT2D eigenvalue weighted by molar-refractivity contribution is 5.17. The molecule has 72 valence electrons. The van der Waals surface area contributed by atoms with Gasteiger partial charge in [-0.2, -0.15) is 0 Å². The fraction of sp³-hybridized carbons (Fsp3) is 0.600. The van der Waals surface area contributed by atoms with Gasteiger partial charge in [0.1, 0.15) is 0 Å². The molecule has 0 radical (unpaired) electrons. The Hall–Kier alpha value is -0.960. The van der Waals surface area contributed by atoms with Gasteiger partial charge in [0.2, 0.25) is 0 Å². The molecule has 0 amide bonds. The van der Waals surface area contributed by atoms with Crippen molar-refractivity contribution in [1.82, 2.24) is 4.68 Å². The van der Waals surface area contributed by atoms with Gasteiger partial charge in [0.25, 0.3) is 0 Å². The molecule has 1 saturated heterocycles. The summed E-state index contributed by atoms with van der Waals surface area (Å²) in [7, 11) is 0. The topological polar surface area (TPSA) is 17.4 Å². The first-order valence-corrected chi connectivity index (χ1v) is 4.77. The molecule has 1 aromatic heterocycles. The van der Waals surface area contributed by atoms with Crippen LogP contribution in [0, 0.1) is 13.8 Å².